The third kappa shape index (κ3) is 4.05. The van der Waals surface area contributed by atoms with Crippen LogP contribution in [-0.2, 0) is 10.0 Å². The van der Waals surface area contributed by atoms with Crippen LogP contribution >= 0.6 is 11.6 Å². The summed E-state index contributed by atoms with van der Waals surface area (Å²) in [7, 11) is -3.74. The topological polar surface area (TPSA) is 84.0 Å². The first-order valence-electron chi connectivity index (χ1n) is 6.35. The summed E-state index contributed by atoms with van der Waals surface area (Å²) in [4.78, 5) is 7.89. The van der Waals surface area contributed by atoms with Crippen molar-refractivity contribution >= 4 is 33.1 Å². The molecule has 2 aromatic rings. The van der Waals surface area contributed by atoms with Gasteiger partial charge in [0.05, 0.1) is 16.9 Å². The molecule has 6 nitrogen and oxygen atoms in total. The Kier molecular flexibility index (Phi) is 4.98. The van der Waals surface area contributed by atoms with Gasteiger partial charge in [0.25, 0.3) is 10.0 Å². The van der Waals surface area contributed by atoms with Crippen LogP contribution in [0.5, 0.6) is 0 Å². The van der Waals surface area contributed by atoms with Gasteiger partial charge in [-0.2, -0.15) is 0 Å². The second-order valence-electron chi connectivity index (χ2n) is 4.28. The van der Waals surface area contributed by atoms with Gasteiger partial charge >= 0.3 is 0 Å². The first-order chi connectivity index (χ1) is 10.0. The van der Waals surface area contributed by atoms with Crippen molar-refractivity contribution in [2.24, 2.45) is 0 Å². The second kappa shape index (κ2) is 6.73. The lowest BCUT2D eigenvalue weighted by Gasteiger charge is -2.10. The van der Waals surface area contributed by atoms with E-state index < -0.39 is 10.0 Å². The lowest BCUT2D eigenvalue weighted by molar-refractivity contribution is 0.601. The zero-order valence-corrected chi connectivity index (χ0v) is 12.9. The van der Waals surface area contributed by atoms with E-state index in [1.807, 2.05) is 6.92 Å². The molecule has 0 unspecified atom stereocenters. The van der Waals surface area contributed by atoms with Crippen LogP contribution in [0.1, 0.15) is 13.3 Å². The van der Waals surface area contributed by atoms with Gasteiger partial charge in [0, 0.05) is 18.9 Å². The quantitative estimate of drug-likeness (QED) is 0.852. The Morgan fingerprint density at radius 1 is 1.33 bits per heavy atom. The number of nitrogens with one attached hydrogen (secondary N) is 2. The summed E-state index contributed by atoms with van der Waals surface area (Å²) >= 11 is 6.04. The molecule has 0 aliphatic rings. The number of pyridine rings is 2. The van der Waals surface area contributed by atoms with E-state index in [0.717, 1.165) is 6.42 Å². The predicted octanol–water partition coefficient (Wildman–Crippen LogP) is 2.75. The van der Waals surface area contributed by atoms with Crippen LogP contribution in [0.3, 0.4) is 0 Å². The molecule has 0 radical (unpaired) electrons. The van der Waals surface area contributed by atoms with Gasteiger partial charge in [-0.05, 0) is 24.6 Å². The zero-order valence-electron chi connectivity index (χ0n) is 11.4. The summed E-state index contributed by atoms with van der Waals surface area (Å²) in [5.41, 5.74) is 0.377. The molecule has 0 spiro atoms. The molecule has 0 fully saturated rings. The van der Waals surface area contributed by atoms with Crippen molar-refractivity contribution in [3.63, 3.8) is 0 Å². The van der Waals surface area contributed by atoms with Crippen LogP contribution in [0.25, 0.3) is 0 Å². The number of hydrogen-bond acceptors (Lipinski definition) is 5. The molecule has 0 saturated carbocycles. The summed E-state index contributed by atoms with van der Waals surface area (Å²) in [5, 5.41) is 3.28. The Morgan fingerprint density at radius 3 is 2.76 bits per heavy atom. The maximum Gasteiger partial charge on any atom is 0.263 e. The van der Waals surface area contributed by atoms with Gasteiger partial charge in [-0.25, -0.2) is 13.4 Å². The highest BCUT2D eigenvalue weighted by atomic mass is 35.5. The van der Waals surface area contributed by atoms with E-state index in [0.29, 0.717) is 18.1 Å². The van der Waals surface area contributed by atoms with E-state index >= 15 is 0 Å². The van der Waals surface area contributed by atoms with Crippen molar-refractivity contribution in [2.45, 2.75) is 18.2 Å². The number of anilines is 2. The lowest BCUT2D eigenvalue weighted by Crippen LogP contribution is -2.14. The highest BCUT2D eigenvalue weighted by Gasteiger charge is 2.16. The second-order valence-corrected chi connectivity index (χ2v) is 6.37. The fourth-order valence-corrected chi connectivity index (χ4v) is 2.89. The molecule has 0 amide bonds. The molecule has 2 rings (SSSR count). The van der Waals surface area contributed by atoms with Crippen LogP contribution in [-0.4, -0.2) is 24.9 Å². The molecule has 0 atom stereocenters. The molecule has 8 heteroatoms. The maximum absolute atomic E-state index is 12.2. The molecule has 2 N–H and O–H groups in total. The molecule has 112 valence electrons. The predicted molar refractivity (Wildman–Crippen MR) is 83.1 cm³/mol. The summed E-state index contributed by atoms with van der Waals surface area (Å²) in [6.45, 7) is 2.73. The average molecular weight is 327 g/mol. The molecular weight excluding hydrogens is 312 g/mol. The van der Waals surface area contributed by atoms with Crippen LogP contribution in [0, 0.1) is 0 Å². The van der Waals surface area contributed by atoms with Gasteiger partial charge in [0.2, 0.25) is 0 Å². The van der Waals surface area contributed by atoms with E-state index in [9.17, 15) is 8.42 Å². The Hall–Kier alpha value is -1.86. The highest BCUT2D eigenvalue weighted by Crippen LogP contribution is 2.23. The largest absolute Gasteiger partial charge is 0.369 e. The van der Waals surface area contributed by atoms with Crippen LogP contribution in [0.4, 0.5) is 11.5 Å². The maximum atomic E-state index is 12.2. The fourth-order valence-electron chi connectivity index (χ4n) is 1.58. The Balaban J connectivity index is 2.22. The number of rotatable bonds is 6. The first-order valence-corrected chi connectivity index (χ1v) is 8.21. The van der Waals surface area contributed by atoms with Crippen molar-refractivity contribution in [2.75, 3.05) is 16.6 Å². The molecule has 2 heterocycles. The monoisotopic (exact) mass is 326 g/mol. The smallest absolute Gasteiger partial charge is 0.263 e. The molecular formula is C13H15ClN4O2S. The number of hydrogen-bond donors (Lipinski definition) is 2. The zero-order chi connectivity index (χ0) is 15.3. The summed E-state index contributed by atoms with van der Waals surface area (Å²) in [5.74, 6) is 0.471. The summed E-state index contributed by atoms with van der Waals surface area (Å²) in [6, 6.07) is 4.61. The molecule has 0 aliphatic carbocycles. The minimum absolute atomic E-state index is 0.00148. The number of halogens is 1. The number of aromatic nitrogens is 2. The molecule has 0 aliphatic heterocycles. The highest BCUT2D eigenvalue weighted by molar-refractivity contribution is 7.92. The van der Waals surface area contributed by atoms with Crippen molar-refractivity contribution in [3.8, 4) is 0 Å². The van der Waals surface area contributed by atoms with Gasteiger partial charge in [-0.15, -0.1) is 0 Å². The van der Waals surface area contributed by atoms with E-state index in [1.165, 1.54) is 18.5 Å². The number of sulfonamides is 1. The van der Waals surface area contributed by atoms with Crippen LogP contribution in [0.2, 0.25) is 5.02 Å². The van der Waals surface area contributed by atoms with Gasteiger partial charge < -0.3 is 5.32 Å². The molecule has 0 saturated heterocycles. The average Bonchev–Trinajstić information content (AvgIpc) is 2.46. The minimum Gasteiger partial charge on any atom is -0.369 e. The van der Waals surface area contributed by atoms with Gasteiger partial charge in [-0.3, -0.25) is 9.71 Å². The molecule has 0 bridgehead atoms. The van der Waals surface area contributed by atoms with E-state index in [1.54, 1.807) is 18.3 Å². The third-order valence-electron chi connectivity index (χ3n) is 2.58. The lowest BCUT2D eigenvalue weighted by atomic mass is 10.4. The van der Waals surface area contributed by atoms with E-state index in [-0.39, 0.29) is 9.92 Å². The Morgan fingerprint density at radius 2 is 2.14 bits per heavy atom. The van der Waals surface area contributed by atoms with Crippen molar-refractivity contribution in [1.82, 2.24) is 9.97 Å². The SMILES string of the molecule is CCCNc1ncc(S(=O)(=O)Nc2cccnc2)cc1Cl. The normalized spacial score (nSPS) is 11.1. The van der Waals surface area contributed by atoms with Crippen molar-refractivity contribution in [3.05, 3.63) is 41.8 Å². The summed E-state index contributed by atoms with van der Waals surface area (Å²) < 4.78 is 26.9. The first kappa shape index (κ1) is 15.5. The standard InChI is InChI=1S/C13H15ClN4O2S/c1-2-5-16-13-12(14)7-11(9-17-13)21(19,20)18-10-4-3-6-15-8-10/h3-4,6-9,18H,2,5H2,1H3,(H,16,17). The van der Waals surface area contributed by atoms with Gasteiger partial charge in [-0.1, -0.05) is 18.5 Å². The minimum atomic E-state index is -3.74. The van der Waals surface area contributed by atoms with E-state index in [2.05, 4.69) is 20.0 Å². The number of nitrogens with zero attached hydrogens (tertiary/aromatic N) is 2. The summed E-state index contributed by atoms with van der Waals surface area (Å²) in [6.07, 6.45) is 5.16. The van der Waals surface area contributed by atoms with Gasteiger partial charge in [0.15, 0.2) is 0 Å². The van der Waals surface area contributed by atoms with Crippen LogP contribution in [0.15, 0.2) is 41.7 Å². The van der Waals surface area contributed by atoms with E-state index in [4.69, 9.17) is 11.6 Å². The van der Waals surface area contributed by atoms with Crippen molar-refractivity contribution in [1.29, 1.82) is 0 Å². The third-order valence-corrected chi connectivity index (χ3v) is 4.22. The Bertz CT molecular complexity index is 707. The fraction of sp³-hybridized carbons (Fsp3) is 0.231. The Labute approximate surface area is 128 Å². The molecule has 21 heavy (non-hydrogen) atoms. The van der Waals surface area contributed by atoms with Crippen LogP contribution < -0.4 is 10.0 Å². The molecule has 2 aromatic heterocycles. The molecule has 0 aromatic carbocycles. The van der Waals surface area contributed by atoms with Gasteiger partial charge in [0.1, 0.15) is 10.7 Å². The van der Waals surface area contributed by atoms with Crippen molar-refractivity contribution < 1.29 is 8.42 Å².